The van der Waals surface area contributed by atoms with E-state index in [2.05, 4.69) is 19.2 Å². The van der Waals surface area contributed by atoms with Gasteiger partial charge in [-0.05, 0) is 25.0 Å². The summed E-state index contributed by atoms with van der Waals surface area (Å²) in [6, 6.07) is 7.44. The predicted molar refractivity (Wildman–Crippen MR) is 86.9 cm³/mol. The first-order valence-corrected chi connectivity index (χ1v) is 8.12. The maximum absolute atomic E-state index is 12.9. The number of nitrogens with one attached hydrogen (secondary N) is 1. The van der Waals surface area contributed by atoms with Gasteiger partial charge in [0.25, 0.3) is 0 Å². The van der Waals surface area contributed by atoms with Gasteiger partial charge in [-0.1, -0.05) is 32.4 Å². The summed E-state index contributed by atoms with van der Waals surface area (Å²) in [6.45, 7) is 4.88. The zero-order valence-electron chi connectivity index (χ0n) is 13.2. The second-order valence-electron chi connectivity index (χ2n) is 5.99. The Hall–Kier alpha value is -2.04. The molecular formula is C17H23N3O2. The molecule has 0 radical (unpaired) electrons. The lowest BCUT2D eigenvalue weighted by Gasteiger charge is -2.46. The van der Waals surface area contributed by atoms with Crippen LogP contribution in [0, 0.1) is 0 Å². The Kier molecular flexibility index (Phi) is 4.05. The molecule has 0 spiro atoms. The van der Waals surface area contributed by atoms with E-state index in [1.807, 2.05) is 24.3 Å². The molecule has 118 valence electrons. The number of rotatable bonds is 4. The number of piperazine rings is 1. The van der Waals surface area contributed by atoms with Gasteiger partial charge in [0.05, 0.1) is 11.4 Å². The van der Waals surface area contributed by atoms with Crippen molar-refractivity contribution in [2.75, 3.05) is 23.3 Å². The summed E-state index contributed by atoms with van der Waals surface area (Å²) < 4.78 is 0. The lowest BCUT2D eigenvalue weighted by molar-refractivity contribution is -0.144. The van der Waals surface area contributed by atoms with Crippen molar-refractivity contribution in [1.82, 2.24) is 4.90 Å². The SMILES string of the molecule is CCCC(CC)N1CC(=O)N2c3ccccc3NCC2C1=O. The average Bonchev–Trinajstić information content (AvgIpc) is 2.55. The third-order valence-electron chi connectivity index (χ3n) is 4.64. The van der Waals surface area contributed by atoms with Crippen molar-refractivity contribution in [3.63, 3.8) is 0 Å². The Morgan fingerprint density at radius 2 is 2.05 bits per heavy atom. The van der Waals surface area contributed by atoms with E-state index in [1.54, 1.807) is 9.80 Å². The smallest absolute Gasteiger partial charge is 0.248 e. The van der Waals surface area contributed by atoms with Crippen LogP contribution in [0.25, 0.3) is 0 Å². The summed E-state index contributed by atoms with van der Waals surface area (Å²) >= 11 is 0. The fourth-order valence-corrected chi connectivity index (χ4v) is 3.52. The fraction of sp³-hybridized carbons (Fsp3) is 0.529. The molecule has 2 heterocycles. The molecule has 0 aliphatic carbocycles. The quantitative estimate of drug-likeness (QED) is 0.928. The first-order chi connectivity index (χ1) is 10.7. The van der Waals surface area contributed by atoms with Crippen LogP contribution in [0.15, 0.2) is 24.3 Å². The number of para-hydroxylation sites is 2. The van der Waals surface area contributed by atoms with Crippen molar-refractivity contribution < 1.29 is 9.59 Å². The highest BCUT2D eigenvalue weighted by atomic mass is 16.2. The topological polar surface area (TPSA) is 52.7 Å². The second kappa shape index (κ2) is 5.99. The highest BCUT2D eigenvalue weighted by molar-refractivity contribution is 6.09. The molecule has 0 aromatic heterocycles. The summed E-state index contributed by atoms with van der Waals surface area (Å²) in [5.41, 5.74) is 1.74. The molecule has 0 bridgehead atoms. The van der Waals surface area contributed by atoms with Gasteiger partial charge in [0.2, 0.25) is 11.8 Å². The lowest BCUT2D eigenvalue weighted by atomic mass is 10.00. The van der Waals surface area contributed by atoms with Crippen LogP contribution in [-0.2, 0) is 9.59 Å². The van der Waals surface area contributed by atoms with Gasteiger partial charge in [-0.25, -0.2) is 0 Å². The van der Waals surface area contributed by atoms with Gasteiger partial charge in [0, 0.05) is 12.6 Å². The second-order valence-corrected chi connectivity index (χ2v) is 5.99. The molecule has 1 fully saturated rings. The fourth-order valence-electron chi connectivity index (χ4n) is 3.52. The van der Waals surface area contributed by atoms with E-state index in [0.717, 1.165) is 30.6 Å². The van der Waals surface area contributed by atoms with Crippen molar-refractivity contribution in [3.8, 4) is 0 Å². The summed E-state index contributed by atoms with van der Waals surface area (Å²) in [7, 11) is 0. The van der Waals surface area contributed by atoms with Crippen LogP contribution in [0.3, 0.4) is 0 Å². The van der Waals surface area contributed by atoms with Gasteiger partial charge in [-0.2, -0.15) is 0 Å². The number of benzene rings is 1. The zero-order valence-corrected chi connectivity index (χ0v) is 13.2. The number of carbonyl (C=O) groups is 2. The molecule has 1 aromatic rings. The molecule has 22 heavy (non-hydrogen) atoms. The molecule has 2 amide bonds. The average molecular weight is 301 g/mol. The number of carbonyl (C=O) groups excluding carboxylic acids is 2. The summed E-state index contributed by atoms with van der Waals surface area (Å²) in [6.07, 6.45) is 2.86. The van der Waals surface area contributed by atoms with Crippen molar-refractivity contribution in [1.29, 1.82) is 0 Å². The molecule has 3 rings (SSSR count). The lowest BCUT2D eigenvalue weighted by Crippen LogP contribution is -2.65. The predicted octanol–water partition coefficient (Wildman–Crippen LogP) is 2.23. The van der Waals surface area contributed by atoms with Crippen LogP contribution >= 0.6 is 0 Å². The number of anilines is 2. The van der Waals surface area contributed by atoms with E-state index < -0.39 is 6.04 Å². The monoisotopic (exact) mass is 301 g/mol. The number of hydrogen-bond donors (Lipinski definition) is 1. The van der Waals surface area contributed by atoms with Gasteiger partial charge in [0.1, 0.15) is 12.6 Å². The molecule has 2 aliphatic rings. The molecule has 2 aliphatic heterocycles. The Balaban J connectivity index is 1.90. The summed E-state index contributed by atoms with van der Waals surface area (Å²) in [5, 5.41) is 3.28. The molecular weight excluding hydrogens is 278 g/mol. The van der Waals surface area contributed by atoms with Gasteiger partial charge >= 0.3 is 0 Å². The van der Waals surface area contributed by atoms with Crippen LogP contribution in [0.5, 0.6) is 0 Å². The Morgan fingerprint density at radius 1 is 1.27 bits per heavy atom. The minimum absolute atomic E-state index is 0.0214. The van der Waals surface area contributed by atoms with Gasteiger partial charge < -0.3 is 10.2 Å². The van der Waals surface area contributed by atoms with Crippen molar-refractivity contribution in [2.45, 2.75) is 45.2 Å². The molecule has 0 saturated carbocycles. The standard InChI is InChI=1S/C17H23N3O2/c1-3-7-12(4-2)19-11-16(21)20-14-9-6-5-8-13(14)18-10-15(20)17(19)22/h5-6,8-9,12,15,18H,3-4,7,10-11H2,1-2H3. The molecule has 5 nitrogen and oxygen atoms in total. The van der Waals surface area contributed by atoms with Crippen LogP contribution in [0.2, 0.25) is 0 Å². The normalized spacial score (nSPS) is 22.0. The summed E-state index contributed by atoms with van der Waals surface area (Å²) in [4.78, 5) is 29.0. The number of hydrogen-bond acceptors (Lipinski definition) is 3. The number of amides is 2. The van der Waals surface area contributed by atoms with Crippen molar-refractivity contribution in [3.05, 3.63) is 24.3 Å². The van der Waals surface area contributed by atoms with Crippen molar-refractivity contribution >= 4 is 23.2 Å². The molecule has 5 heteroatoms. The number of nitrogens with zero attached hydrogens (tertiary/aromatic N) is 2. The van der Waals surface area contributed by atoms with Gasteiger partial charge in [0.15, 0.2) is 0 Å². The first kappa shape index (κ1) is 14.9. The van der Waals surface area contributed by atoms with E-state index in [0.29, 0.717) is 6.54 Å². The maximum Gasteiger partial charge on any atom is 0.248 e. The van der Waals surface area contributed by atoms with Gasteiger partial charge in [-0.15, -0.1) is 0 Å². The maximum atomic E-state index is 12.9. The molecule has 1 aromatic carbocycles. The van der Waals surface area contributed by atoms with E-state index in [1.165, 1.54) is 0 Å². The molecule has 1 saturated heterocycles. The Labute approximate surface area is 131 Å². The molecule has 2 unspecified atom stereocenters. The third kappa shape index (κ3) is 2.34. The third-order valence-corrected chi connectivity index (χ3v) is 4.64. The van der Waals surface area contributed by atoms with Crippen LogP contribution in [0.1, 0.15) is 33.1 Å². The minimum atomic E-state index is -0.415. The summed E-state index contributed by atoms with van der Waals surface area (Å²) in [5.74, 6) is 0.0926. The van der Waals surface area contributed by atoms with E-state index >= 15 is 0 Å². The largest absolute Gasteiger partial charge is 0.381 e. The highest BCUT2D eigenvalue weighted by Gasteiger charge is 2.44. The Morgan fingerprint density at radius 3 is 2.77 bits per heavy atom. The highest BCUT2D eigenvalue weighted by Crippen LogP contribution is 2.34. The van der Waals surface area contributed by atoms with Crippen LogP contribution in [0.4, 0.5) is 11.4 Å². The van der Waals surface area contributed by atoms with Crippen LogP contribution < -0.4 is 10.2 Å². The van der Waals surface area contributed by atoms with E-state index in [4.69, 9.17) is 0 Å². The van der Waals surface area contributed by atoms with Crippen LogP contribution in [-0.4, -0.2) is 41.9 Å². The number of fused-ring (bicyclic) bond motifs is 3. The minimum Gasteiger partial charge on any atom is -0.381 e. The molecule has 2 atom stereocenters. The first-order valence-electron chi connectivity index (χ1n) is 8.12. The van der Waals surface area contributed by atoms with Crippen molar-refractivity contribution in [2.24, 2.45) is 0 Å². The molecule has 1 N–H and O–H groups in total. The van der Waals surface area contributed by atoms with E-state index in [-0.39, 0.29) is 24.4 Å². The van der Waals surface area contributed by atoms with Gasteiger partial charge in [-0.3, -0.25) is 14.5 Å². The zero-order chi connectivity index (χ0) is 15.7. The Bertz CT molecular complexity index is 587. The van der Waals surface area contributed by atoms with E-state index in [9.17, 15) is 9.59 Å².